The summed E-state index contributed by atoms with van der Waals surface area (Å²) in [7, 11) is -3.17. The van der Waals surface area contributed by atoms with Crippen molar-refractivity contribution in [3.8, 4) is 0 Å². The van der Waals surface area contributed by atoms with E-state index in [1.807, 2.05) is 0 Å². The molecule has 0 radical (unpaired) electrons. The number of rotatable bonds is 3. The summed E-state index contributed by atoms with van der Waals surface area (Å²) in [4.78, 5) is 3.86. The predicted octanol–water partition coefficient (Wildman–Crippen LogP) is 1.06. The van der Waals surface area contributed by atoms with Gasteiger partial charge in [0.2, 0.25) is 14.2 Å². The third kappa shape index (κ3) is 2.76. The van der Waals surface area contributed by atoms with Crippen LogP contribution in [0.3, 0.4) is 0 Å². The highest BCUT2D eigenvalue weighted by Crippen LogP contribution is 2.17. The molecule has 0 amide bonds. The number of aromatic nitrogens is 1. The molecule has 4 nitrogen and oxygen atoms in total. The number of nitrogens with zero attached hydrogens (tertiary/aromatic N) is 1. The lowest BCUT2D eigenvalue weighted by Crippen LogP contribution is -2.39. The summed E-state index contributed by atoms with van der Waals surface area (Å²) < 4.78 is 24.0. The molecule has 0 unspecified atom stereocenters. The Bertz CT molecular complexity index is 394. The summed E-state index contributed by atoms with van der Waals surface area (Å²) in [6.45, 7) is 0.929. The van der Waals surface area contributed by atoms with Crippen molar-refractivity contribution in [2.24, 2.45) is 0 Å². The number of nitrogens with one attached hydrogen (secondary N) is 1. The smallest absolute Gasteiger partial charge is 0.209 e. The van der Waals surface area contributed by atoms with E-state index in [0.29, 0.717) is 0 Å². The molecule has 0 aromatic carbocycles. The maximum Gasteiger partial charge on any atom is 0.209 e. The van der Waals surface area contributed by atoms with E-state index in [1.165, 1.54) is 17.5 Å². The predicted molar refractivity (Wildman–Crippen MR) is 59.8 cm³/mol. The van der Waals surface area contributed by atoms with Gasteiger partial charge in [-0.05, 0) is 19.4 Å². The van der Waals surface area contributed by atoms with Crippen LogP contribution in [0.4, 0.5) is 0 Å². The molecule has 1 aromatic rings. The topological polar surface area (TPSA) is 59.1 Å². The zero-order valence-corrected chi connectivity index (χ0v) is 9.98. The average Bonchev–Trinajstić information content (AvgIpc) is 2.71. The minimum absolute atomic E-state index is 0.104. The van der Waals surface area contributed by atoms with E-state index in [2.05, 4.69) is 10.3 Å². The van der Waals surface area contributed by atoms with E-state index < -0.39 is 9.84 Å². The van der Waals surface area contributed by atoms with Gasteiger partial charge in [0.15, 0.2) is 0 Å². The Morgan fingerprint density at radius 3 is 3.00 bits per heavy atom. The van der Waals surface area contributed by atoms with Gasteiger partial charge in [-0.25, -0.2) is 13.4 Å². The van der Waals surface area contributed by atoms with Crippen LogP contribution >= 0.6 is 11.3 Å². The highest BCUT2D eigenvalue weighted by molar-refractivity contribution is 7.93. The number of piperidine rings is 1. The van der Waals surface area contributed by atoms with Gasteiger partial charge in [-0.3, -0.25) is 0 Å². The van der Waals surface area contributed by atoms with E-state index in [4.69, 9.17) is 0 Å². The Kier molecular flexibility index (Phi) is 3.38. The molecule has 1 aromatic heterocycles. The molecule has 1 aliphatic heterocycles. The monoisotopic (exact) mass is 246 g/mol. The molecule has 0 aliphatic carbocycles. The quantitative estimate of drug-likeness (QED) is 0.866. The van der Waals surface area contributed by atoms with Crippen molar-refractivity contribution in [3.05, 3.63) is 11.6 Å². The first-order chi connectivity index (χ1) is 7.18. The van der Waals surface area contributed by atoms with Gasteiger partial charge in [-0.2, -0.15) is 0 Å². The standard InChI is InChI=1S/C9H14N2O2S2/c12-15(13,9-11-5-6-14-9)7-8-3-1-2-4-10-8/h5-6,8,10H,1-4,7H2/t8-/m0/s1. The van der Waals surface area contributed by atoms with Crippen molar-refractivity contribution in [1.82, 2.24) is 10.3 Å². The van der Waals surface area contributed by atoms with Crippen LogP contribution in [0.2, 0.25) is 0 Å². The SMILES string of the molecule is O=S(=O)(C[C@@H]1CCCCN1)c1nccs1. The average molecular weight is 246 g/mol. The van der Waals surface area contributed by atoms with Crippen LogP contribution in [-0.4, -0.2) is 31.7 Å². The van der Waals surface area contributed by atoms with Crippen LogP contribution in [0, 0.1) is 0 Å². The van der Waals surface area contributed by atoms with Crippen molar-refractivity contribution < 1.29 is 8.42 Å². The van der Waals surface area contributed by atoms with Crippen molar-refractivity contribution in [2.75, 3.05) is 12.3 Å². The highest BCUT2D eigenvalue weighted by Gasteiger charge is 2.24. The van der Waals surface area contributed by atoms with Crippen LogP contribution in [0.1, 0.15) is 19.3 Å². The van der Waals surface area contributed by atoms with E-state index >= 15 is 0 Å². The zero-order chi connectivity index (χ0) is 10.7. The third-order valence-electron chi connectivity index (χ3n) is 2.51. The number of hydrogen-bond donors (Lipinski definition) is 1. The summed E-state index contributed by atoms with van der Waals surface area (Å²) in [5.41, 5.74) is 0. The Balaban J connectivity index is 2.04. The first-order valence-corrected chi connectivity index (χ1v) is 7.57. The molecule has 0 spiro atoms. The van der Waals surface area contributed by atoms with E-state index in [0.717, 1.165) is 25.8 Å². The molecular weight excluding hydrogens is 232 g/mol. The molecular formula is C9H14N2O2S2. The fraction of sp³-hybridized carbons (Fsp3) is 0.667. The van der Waals surface area contributed by atoms with Crippen molar-refractivity contribution in [1.29, 1.82) is 0 Å². The highest BCUT2D eigenvalue weighted by atomic mass is 32.2. The number of thiazole rings is 1. The van der Waals surface area contributed by atoms with Gasteiger partial charge in [0.25, 0.3) is 0 Å². The maximum absolute atomic E-state index is 11.9. The second-order valence-electron chi connectivity index (χ2n) is 3.73. The molecule has 1 saturated heterocycles. The molecule has 1 aliphatic rings. The van der Waals surface area contributed by atoms with Gasteiger partial charge in [-0.15, -0.1) is 11.3 Å². The van der Waals surface area contributed by atoms with Crippen LogP contribution < -0.4 is 5.32 Å². The molecule has 84 valence electrons. The number of sulfone groups is 1. The lowest BCUT2D eigenvalue weighted by molar-refractivity contribution is 0.423. The summed E-state index contributed by atoms with van der Waals surface area (Å²) in [6.07, 6.45) is 4.75. The second-order valence-corrected chi connectivity index (χ2v) is 6.83. The van der Waals surface area contributed by atoms with Gasteiger partial charge in [0.1, 0.15) is 0 Å². The zero-order valence-electron chi connectivity index (χ0n) is 8.35. The summed E-state index contributed by atoms with van der Waals surface area (Å²) in [5, 5.41) is 4.93. The van der Waals surface area contributed by atoms with Gasteiger partial charge < -0.3 is 5.32 Å². The number of hydrogen-bond acceptors (Lipinski definition) is 5. The Morgan fingerprint density at radius 1 is 1.53 bits per heavy atom. The molecule has 2 rings (SSSR count). The normalized spacial score (nSPS) is 22.8. The lowest BCUT2D eigenvalue weighted by atomic mass is 10.1. The molecule has 1 fully saturated rings. The maximum atomic E-state index is 11.9. The van der Waals surface area contributed by atoms with Crippen LogP contribution in [0.15, 0.2) is 15.9 Å². The van der Waals surface area contributed by atoms with E-state index in [9.17, 15) is 8.42 Å². The lowest BCUT2D eigenvalue weighted by Gasteiger charge is -2.22. The Labute approximate surface area is 93.7 Å². The first kappa shape index (κ1) is 11.0. The largest absolute Gasteiger partial charge is 0.313 e. The molecule has 6 heteroatoms. The molecule has 0 bridgehead atoms. The van der Waals surface area contributed by atoms with Gasteiger partial charge in [-0.1, -0.05) is 6.42 Å². The fourth-order valence-corrected chi connectivity index (χ4v) is 4.26. The van der Waals surface area contributed by atoms with Crippen molar-refractivity contribution in [2.45, 2.75) is 29.6 Å². The second kappa shape index (κ2) is 4.59. The summed E-state index contributed by atoms with van der Waals surface area (Å²) in [5.74, 6) is 0.181. The van der Waals surface area contributed by atoms with E-state index in [-0.39, 0.29) is 16.1 Å². The molecule has 1 N–H and O–H groups in total. The Hall–Kier alpha value is -0.460. The minimum atomic E-state index is -3.17. The van der Waals surface area contributed by atoms with Gasteiger partial charge >= 0.3 is 0 Å². The first-order valence-electron chi connectivity index (χ1n) is 5.04. The van der Waals surface area contributed by atoms with E-state index in [1.54, 1.807) is 5.38 Å². The third-order valence-corrected chi connectivity index (χ3v) is 5.60. The molecule has 2 heterocycles. The van der Waals surface area contributed by atoms with Crippen molar-refractivity contribution in [3.63, 3.8) is 0 Å². The molecule has 0 saturated carbocycles. The molecule has 15 heavy (non-hydrogen) atoms. The minimum Gasteiger partial charge on any atom is -0.313 e. The van der Waals surface area contributed by atoms with Gasteiger partial charge in [0.05, 0.1) is 5.75 Å². The Morgan fingerprint density at radius 2 is 2.40 bits per heavy atom. The van der Waals surface area contributed by atoms with Gasteiger partial charge in [0, 0.05) is 17.6 Å². The van der Waals surface area contributed by atoms with Crippen LogP contribution in [0.25, 0.3) is 0 Å². The summed E-state index contributed by atoms with van der Waals surface area (Å²) in [6, 6.07) is 0.104. The van der Waals surface area contributed by atoms with Crippen LogP contribution in [-0.2, 0) is 9.84 Å². The fourth-order valence-electron chi connectivity index (χ4n) is 1.77. The van der Waals surface area contributed by atoms with Crippen molar-refractivity contribution >= 4 is 21.2 Å². The summed E-state index contributed by atoms with van der Waals surface area (Å²) >= 11 is 1.19. The molecule has 1 atom stereocenters. The van der Waals surface area contributed by atoms with Crippen LogP contribution in [0.5, 0.6) is 0 Å².